The first-order chi connectivity index (χ1) is 10.6. The molecule has 1 heterocycles. The number of halogens is 1. The number of aromatic hydroxyl groups is 1. The average molecular weight is 361 g/mol. The normalized spacial score (nSPS) is 11.3. The van der Waals surface area contributed by atoms with E-state index in [0.717, 1.165) is 4.47 Å². The van der Waals surface area contributed by atoms with E-state index in [1.165, 1.54) is 18.2 Å². The molecule has 0 radical (unpaired) electrons. The molecule has 1 aromatic heterocycles. The van der Waals surface area contributed by atoms with Crippen molar-refractivity contribution in [1.82, 2.24) is 4.98 Å². The molecule has 0 saturated carbocycles. The first kappa shape index (κ1) is 14.2. The number of nitrogens with zero attached hydrogens (tertiary/aromatic N) is 3. The van der Waals surface area contributed by atoms with Crippen molar-refractivity contribution in [3.8, 4) is 5.88 Å². The van der Waals surface area contributed by atoms with Crippen LogP contribution < -0.4 is 0 Å². The van der Waals surface area contributed by atoms with Gasteiger partial charge in [0.2, 0.25) is 5.88 Å². The molecule has 22 heavy (non-hydrogen) atoms. The molecule has 3 rings (SSSR count). The molecule has 110 valence electrons. The fourth-order valence-corrected chi connectivity index (χ4v) is 2.50. The lowest BCUT2D eigenvalue weighted by Crippen LogP contribution is -1.85. The summed E-state index contributed by atoms with van der Waals surface area (Å²) in [6.07, 6.45) is 0. The molecule has 0 spiro atoms. The van der Waals surface area contributed by atoms with Crippen LogP contribution in [-0.4, -0.2) is 15.0 Å². The Bertz CT molecular complexity index is 904. The molecule has 0 unspecified atom stereocenters. The number of para-hydroxylation sites is 1. The number of H-pyrrole nitrogens is 1. The van der Waals surface area contributed by atoms with E-state index in [1.54, 1.807) is 12.1 Å². The Kier molecular flexibility index (Phi) is 3.60. The van der Waals surface area contributed by atoms with Gasteiger partial charge in [-0.1, -0.05) is 18.2 Å². The number of benzene rings is 2. The van der Waals surface area contributed by atoms with Crippen molar-refractivity contribution in [3.63, 3.8) is 0 Å². The van der Waals surface area contributed by atoms with Crippen molar-refractivity contribution in [3.05, 3.63) is 57.1 Å². The number of rotatable bonds is 3. The molecule has 3 aromatic rings. The van der Waals surface area contributed by atoms with E-state index in [4.69, 9.17) is 0 Å². The zero-order chi connectivity index (χ0) is 15.7. The summed E-state index contributed by atoms with van der Waals surface area (Å²) >= 11 is 3.38. The highest BCUT2D eigenvalue weighted by Crippen LogP contribution is 2.39. The molecule has 0 fully saturated rings. The fraction of sp³-hybridized carbons (Fsp3) is 0. The highest BCUT2D eigenvalue weighted by atomic mass is 79.9. The summed E-state index contributed by atoms with van der Waals surface area (Å²) < 4.78 is 0.789. The summed E-state index contributed by atoms with van der Waals surface area (Å²) in [5, 5.41) is 29.3. The van der Waals surface area contributed by atoms with Crippen molar-refractivity contribution in [1.29, 1.82) is 0 Å². The lowest BCUT2D eigenvalue weighted by Gasteiger charge is -1.95. The van der Waals surface area contributed by atoms with E-state index in [0.29, 0.717) is 16.6 Å². The van der Waals surface area contributed by atoms with Gasteiger partial charge < -0.3 is 10.1 Å². The zero-order valence-corrected chi connectivity index (χ0v) is 12.6. The number of fused-ring (bicyclic) bond motifs is 1. The minimum Gasteiger partial charge on any atom is -0.493 e. The van der Waals surface area contributed by atoms with Crippen LogP contribution in [-0.2, 0) is 0 Å². The second kappa shape index (κ2) is 5.57. The Morgan fingerprint density at radius 2 is 1.95 bits per heavy atom. The van der Waals surface area contributed by atoms with Crippen LogP contribution in [0.25, 0.3) is 10.9 Å². The third kappa shape index (κ3) is 2.56. The van der Waals surface area contributed by atoms with E-state index < -0.39 is 4.92 Å². The van der Waals surface area contributed by atoms with Crippen LogP contribution >= 0.6 is 15.9 Å². The number of hydrogen-bond acceptors (Lipinski definition) is 5. The molecule has 0 amide bonds. The minimum atomic E-state index is -0.501. The summed E-state index contributed by atoms with van der Waals surface area (Å²) in [6.45, 7) is 0. The van der Waals surface area contributed by atoms with Crippen molar-refractivity contribution >= 4 is 43.9 Å². The van der Waals surface area contributed by atoms with E-state index >= 15 is 0 Å². The van der Waals surface area contributed by atoms with Gasteiger partial charge in [-0.25, -0.2) is 0 Å². The molecule has 2 N–H and O–H groups in total. The minimum absolute atomic E-state index is 0.0673. The number of aromatic amines is 1. The molecular formula is C14H9BrN4O3. The van der Waals surface area contributed by atoms with E-state index in [9.17, 15) is 15.2 Å². The Hall–Kier alpha value is -2.74. The lowest BCUT2D eigenvalue weighted by atomic mass is 10.2. The van der Waals surface area contributed by atoms with Gasteiger partial charge >= 0.3 is 0 Å². The largest absolute Gasteiger partial charge is 0.493 e. The first-order valence-corrected chi connectivity index (χ1v) is 7.01. The maximum Gasteiger partial charge on any atom is 0.271 e. The van der Waals surface area contributed by atoms with Crippen LogP contribution in [0.2, 0.25) is 0 Å². The molecule has 8 heteroatoms. The standard InChI is InChI=1S/C14H9BrN4O3/c15-11-6-2-5-10-12(11)16-14(20)13(10)18-17-8-3-1-4-9(7-8)19(21)22/h1-7,16,20H. The third-order valence-corrected chi connectivity index (χ3v) is 3.70. The number of hydrogen-bond donors (Lipinski definition) is 2. The van der Waals surface area contributed by atoms with E-state index in [1.807, 2.05) is 12.1 Å². The summed E-state index contributed by atoms with van der Waals surface area (Å²) in [6, 6.07) is 11.2. The summed E-state index contributed by atoms with van der Waals surface area (Å²) in [5.74, 6) is -0.115. The van der Waals surface area contributed by atoms with Gasteiger partial charge in [-0.3, -0.25) is 10.1 Å². The molecule has 2 aromatic carbocycles. The van der Waals surface area contributed by atoms with Gasteiger partial charge in [0.15, 0.2) is 5.69 Å². The number of nitro groups is 1. The maximum absolute atomic E-state index is 10.7. The van der Waals surface area contributed by atoms with E-state index in [-0.39, 0.29) is 17.3 Å². The second-order valence-electron chi connectivity index (χ2n) is 4.46. The molecule has 0 atom stereocenters. The van der Waals surface area contributed by atoms with Crippen molar-refractivity contribution in [2.24, 2.45) is 10.2 Å². The number of non-ortho nitro benzene ring substituents is 1. The molecule has 7 nitrogen and oxygen atoms in total. The van der Waals surface area contributed by atoms with Crippen LogP contribution in [0.5, 0.6) is 5.88 Å². The molecule has 0 saturated heterocycles. The summed E-state index contributed by atoms with van der Waals surface area (Å²) in [7, 11) is 0. The Morgan fingerprint density at radius 3 is 2.73 bits per heavy atom. The van der Waals surface area contributed by atoms with Crippen LogP contribution in [0.4, 0.5) is 17.1 Å². The number of azo groups is 1. The topological polar surface area (TPSA) is 104 Å². The predicted molar refractivity (Wildman–Crippen MR) is 84.9 cm³/mol. The summed E-state index contributed by atoms with van der Waals surface area (Å²) in [5.41, 5.74) is 1.25. The molecule has 0 aliphatic heterocycles. The highest BCUT2D eigenvalue weighted by molar-refractivity contribution is 9.10. The molecule has 0 aliphatic carbocycles. The monoisotopic (exact) mass is 360 g/mol. The fourth-order valence-electron chi connectivity index (χ4n) is 2.03. The maximum atomic E-state index is 10.7. The number of nitro benzene ring substituents is 1. The quantitative estimate of drug-likeness (QED) is 0.391. The Labute approximate surface area is 132 Å². The highest BCUT2D eigenvalue weighted by Gasteiger charge is 2.12. The van der Waals surface area contributed by atoms with Gasteiger partial charge in [-0.05, 0) is 28.1 Å². The van der Waals surface area contributed by atoms with Gasteiger partial charge in [0, 0.05) is 22.0 Å². The van der Waals surface area contributed by atoms with Crippen LogP contribution in [0.15, 0.2) is 57.2 Å². The smallest absolute Gasteiger partial charge is 0.271 e. The Balaban J connectivity index is 2.03. The molecule has 0 aliphatic rings. The Morgan fingerprint density at radius 1 is 1.18 bits per heavy atom. The molecule has 0 bridgehead atoms. The SMILES string of the molecule is O=[N+]([O-])c1cccc(N=Nc2c(O)[nH]c3c(Br)cccc23)c1. The van der Waals surface area contributed by atoms with Crippen molar-refractivity contribution in [2.45, 2.75) is 0 Å². The number of nitrogens with one attached hydrogen (secondary N) is 1. The van der Waals surface area contributed by atoms with Gasteiger partial charge in [-0.2, -0.15) is 5.11 Å². The second-order valence-corrected chi connectivity index (χ2v) is 5.32. The lowest BCUT2D eigenvalue weighted by molar-refractivity contribution is -0.384. The van der Waals surface area contributed by atoms with Gasteiger partial charge in [0.05, 0.1) is 16.1 Å². The van der Waals surface area contributed by atoms with E-state index in [2.05, 4.69) is 31.1 Å². The zero-order valence-electron chi connectivity index (χ0n) is 11.0. The van der Waals surface area contributed by atoms with Crippen LogP contribution in [0.1, 0.15) is 0 Å². The van der Waals surface area contributed by atoms with Gasteiger partial charge in [0.1, 0.15) is 0 Å². The van der Waals surface area contributed by atoms with Crippen molar-refractivity contribution in [2.75, 3.05) is 0 Å². The van der Waals surface area contributed by atoms with Gasteiger partial charge in [-0.15, -0.1) is 5.11 Å². The first-order valence-electron chi connectivity index (χ1n) is 6.21. The molecular weight excluding hydrogens is 352 g/mol. The van der Waals surface area contributed by atoms with Crippen LogP contribution in [0, 0.1) is 10.1 Å². The van der Waals surface area contributed by atoms with Crippen LogP contribution in [0.3, 0.4) is 0 Å². The average Bonchev–Trinajstić information content (AvgIpc) is 2.83. The third-order valence-electron chi connectivity index (χ3n) is 3.04. The number of aromatic nitrogens is 1. The van der Waals surface area contributed by atoms with Crippen molar-refractivity contribution < 1.29 is 10.0 Å². The predicted octanol–water partition coefficient (Wildman–Crippen LogP) is 4.96. The summed E-state index contributed by atoms with van der Waals surface area (Å²) in [4.78, 5) is 13.0. The van der Waals surface area contributed by atoms with Gasteiger partial charge in [0.25, 0.3) is 5.69 Å².